The van der Waals surface area contributed by atoms with Crippen molar-refractivity contribution in [1.29, 1.82) is 0 Å². The van der Waals surface area contributed by atoms with E-state index >= 15 is 0 Å². The molecule has 18 heavy (non-hydrogen) atoms. The maximum Gasteiger partial charge on any atom is 0.0584 e. The van der Waals surface area contributed by atoms with Gasteiger partial charge in [0.05, 0.1) is 6.61 Å². The third kappa shape index (κ3) is 3.65. The number of nitrogens with one attached hydrogen (secondary N) is 1. The van der Waals surface area contributed by atoms with E-state index in [1.165, 1.54) is 9.75 Å². The standard InChI is InChI=1S/C14H19NOS2/c1-2-11(10-16)15-13(14-6-4-8-18-14)9-12-5-3-7-17-12/h3-8,11,13,15-16H,2,9-10H2,1H3. The van der Waals surface area contributed by atoms with E-state index in [1.807, 2.05) is 0 Å². The van der Waals surface area contributed by atoms with Crippen LogP contribution in [0.1, 0.15) is 29.1 Å². The van der Waals surface area contributed by atoms with E-state index in [9.17, 15) is 5.11 Å². The molecule has 0 radical (unpaired) electrons. The van der Waals surface area contributed by atoms with Gasteiger partial charge in [-0.15, -0.1) is 22.7 Å². The van der Waals surface area contributed by atoms with Gasteiger partial charge in [0.2, 0.25) is 0 Å². The van der Waals surface area contributed by atoms with Crippen LogP contribution in [0.15, 0.2) is 35.0 Å². The second-order valence-electron chi connectivity index (χ2n) is 4.31. The summed E-state index contributed by atoms with van der Waals surface area (Å²) in [5.74, 6) is 0. The lowest BCUT2D eigenvalue weighted by Gasteiger charge is -2.22. The number of hydrogen-bond donors (Lipinski definition) is 2. The third-order valence-electron chi connectivity index (χ3n) is 3.02. The van der Waals surface area contributed by atoms with Gasteiger partial charge in [0.1, 0.15) is 0 Å². The summed E-state index contributed by atoms with van der Waals surface area (Å²) in [6, 6.07) is 9.00. The van der Waals surface area contributed by atoms with Crippen molar-refractivity contribution in [2.24, 2.45) is 0 Å². The molecule has 2 aromatic heterocycles. The summed E-state index contributed by atoms with van der Waals surface area (Å²) in [7, 11) is 0. The van der Waals surface area contributed by atoms with Crippen molar-refractivity contribution in [1.82, 2.24) is 5.32 Å². The highest BCUT2D eigenvalue weighted by molar-refractivity contribution is 7.10. The van der Waals surface area contributed by atoms with Crippen LogP contribution in [-0.4, -0.2) is 17.8 Å². The first kappa shape index (κ1) is 13.7. The summed E-state index contributed by atoms with van der Waals surface area (Å²) in [5, 5.41) is 17.1. The zero-order valence-electron chi connectivity index (χ0n) is 10.5. The quantitative estimate of drug-likeness (QED) is 0.814. The Balaban J connectivity index is 2.08. The average molecular weight is 281 g/mol. The molecule has 0 fully saturated rings. The summed E-state index contributed by atoms with van der Waals surface area (Å²) in [4.78, 5) is 2.73. The molecular weight excluding hydrogens is 262 g/mol. The Morgan fingerprint density at radius 1 is 1.22 bits per heavy atom. The smallest absolute Gasteiger partial charge is 0.0584 e. The monoisotopic (exact) mass is 281 g/mol. The first-order chi connectivity index (χ1) is 8.83. The van der Waals surface area contributed by atoms with Crippen molar-refractivity contribution in [2.45, 2.75) is 31.8 Å². The zero-order valence-corrected chi connectivity index (χ0v) is 12.1. The topological polar surface area (TPSA) is 32.3 Å². The van der Waals surface area contributed by atoms with E-state index in [1.54, 1.807) is 22.7 Å². The summed E-state index contributed by atoms with van der Waals surface area (Å²) >= 11 is 3.57. The molecule has 0 amide bonds. The van der Waals surface area contributed by atoms with Crippen molar-refractivity contribution in [2.75, 3.05) is 6.61 Å². The first-order valence-electron chi connectivity index (χ1n) is 6.26. The van der Waals surface area contributed by atoms with Crippen molar-refractivity contribution in [3.05, 3.63) is 44.8 Å². The average Bonchev–Trinajstić information content (AvgIpc) is 3.06. The Bertz CT molecular complexity index is 421. The van der Waals surface area contributed by atoms with Gasteiger partial charge in [0.25, 0.3) is 0 Å². The highest BCUT2D eigenvalue weighted by Crippen LogP contribution is 2.25. The predicted molar refractivity (Wildman–Crippen MR) is 79.4 cm³/mol. The highest BCUT2D eigenvalue weighted by atomic mass is 32.1. The lowest BCUT2D eigenvalue weighted by Crippen LogP contribution is -2.35. The van der Waals surface area contributed by atoms with Crippen LogP contribution >= 0.6 is 22.7 Å². The Morgan fingerprint density at radius 3 is 2.56 bits per heavy atom. The van der Waals surface area contributed by atoms with Crippen LogP contribution < -0.4 is 5.32 Å². The molecule has 0 aromatic carbocycles. The Kier molecular flexibility index (Phi) is 5.38. The van der Waals surface area contributed by atoms with Crippen molar-refractivity contribution >= 4 is 22.7 Å². The first-order valence-corrected chi connectivity index (χ1v) is 8.02. The highest BCUT2D eigenvalue weighted by Gasteiger charge is 2.17. The fourth-order valence-electron chi connectivity index (χ4n) is 1.95. The van der Waals surface area contributed by atoms with Crippen LogP contribution in [-0.2, 0) is 6.42 Å². The van der Waals surface area contributed by atoms with Gasteiger partial charge in [-0.2, -0.15) is 0 Å². The van der Waals surface area contributed by atoms with Gasteiger partial charge in [-0.3, -0.25) is 0 Å². The van der Waals surface area contributed by atoms with E-state index in [0.717, 1.165) is 12.8 Å². The van der Waals surface area contributed by atoms with Crippen LogP contribution in [0.2, 0.25) is 0 Å². The molecule has 2 N–H and O–H groups in total. The molecular formula is C14H19NOS2. The molecule has 2 unspecified atom stereocenters. The molecule has 2 nitrogen and oxygen atoms in total. The molecule has 0 saturated heterocycles. The Labute approximate surface area is 116 Å². The Hall–Kier alpha value is -0.680. The van der Waals surface area contributed by atoms with Gasteiger partial charge in [0.15, 0.2) is 0 Å². The zero-order chi connectivity index (χ0) is 12.8. The molecule has 0 bridgehead atoms. The van der Waals surface area contributed by atoms with E-state index in [-0.39, 0.29) is 12.6 Å². The minimum absolute atomic E-state index is 0.178. The molecule has 2 heterocycles. The van der Waals surface area contributed by atoms with E-state index in [4.69, 9.17) is 0 Å². The lowest BCUT2D eigenvalue weighted by atomic mass is 10.1. The summed E-state index contributed by atoms with van der Waals surface area (Å²) in [6.45, 7) is 2.30. The predicted octanol–water partition coefficient (Wildman–Crippen LogP) is 3.45. The maximum absolute atomic E-state index is 9.34. The molecule has 0 aliphatic rings. The molecule has 2 atom stereocenters. The lowest BCUT2D eigenvalue weighted by molar-refractivity contribution is 0.228. The molecule has 2 rings (SSSR count). The van der Waals surface area contributed by atoms with Crippen LogP contribution in [0.3, 0.4) is 0 Å². The summed E-state index contributed by atoms with van der Waals surface area (Å²) in [5.41, 5.74) is 0. The second kappa shape index (κ2) is 7.04. The van der Waals surface area contributed by atoms with Crippen LogP contribution in [0.25, 0.3) is 0 Å². The number of thiophene rings is 2. The molecule has 2 aromatic rings. The van der Waals surface area contributed by atoms with Gasteiger partial charge < -0.3 is 10.4 Å². The summed E-state index contributed by atoms with van der Waals surface area (Å²) < 4.78 is 0. The van der Waals surface area contributed by atoms with Crippen LogP contribution in [0, 0.1) is 0 Å². The largest absolute Gasteiger partial charge is 0.395 e. The molecule has 4 heteroatoms. The SMILES string of the molecule is CCC(CO)NC(Cc1cccs1)c1cccs1. The molecule has 0 saturated carbocycles. The minimum Gasteiger partial charge on any atom is -0.395 e. The fourth-order valence-corrected chi connectivity index (χ4v) is 3.48. The number of rotatable bonds is 7. The van der Waals surface area contributed by atoms with Crippen molar-refractivity contribution in [3.63, 3.8) is 0 Å². The van der Waals surface area contributed by atoms with Crippen molar-refractivity contribution in [3.8, 4) is 0 Å². The third-order valence-corrected chi connectivity index (χ3v) is 4.91. The minimum atomic E-state index is 0.178. The van der Waals surface area contributed by atoms with Gasteiger partial charge in [-0.25, -0.2) is 0 Å². The van der Waals surface area contributed by atoms with E-state index < -0.39 is 0 Å². The van der Waals surface area contributed by atoms with E-state index in [2.05, 4.69) is 47.3 Å². The van der Waals surface area contributed by atoms with Gasteiger partial charge in [-0.05, 0) is 29.3 Å². The number of aliphatic hydroxyl groups excluding tert-OH is 1. The van der Waals surface area contributed by atoms with Gasteiger partial charge >= 0.3 is 0 Å². The molecule has 98 valence electrons. The molecule has 0 aliphatic carbocycles. The second-order valence-corrected chi connectivity index (χ2v) is 6.32. The van der Waals surface area contributed by atoms with Gasteiger partial charge in [0, 0.05) is 28.3 Å². The number of aliphatic hydroxyl groups is 1. The molecule has 0 spiro atoms. The number of hydrogen-bond acceptors (Lipinski definition) is 4. The summed E-state index contributed by atoms with van der Waals surface area (Å²) in [6.07, 6.45) is 1.94. The van der Waals surface area contributed by atoms with Crippen LogP contribution in [0.4, 0.5) is 0 Å². The molecule has 0 aliphatic heterocycles. The van der Waals surface area contributed by atoms with E-state index in [0.29, 0.717) is 6.04 Å². The van der Waals surface area contributed by atoms with Gasteiger partial charge in [-0.1, -0.05) is 19.1 Å². The van der Waals surface area contributed by atoms with Crippen molar-refractivity contribution < 1.29 is 5.11 Å². The normalized spacial score (nSPS) is 14.6. The Morgan fingerprint density at radius 2 is 2.00 bits per heavy atom. The fraction of sp³-hybridized carbons (Fsp3) is 0.429. The maximum atomic E-state index is 9.34. The van der Waals surface area contributed by atoms with Crippen LogP contribution in [0.5, 0.6) is 0 Å².